The summed E-state index contributed by atoms with van der Waals surface area (Å²) in [5.41, 5.74) is 6.07. The van der Waals surface area contributed by atoms with Gasteiger partial charge in [-0.2, -0.15) is 18.3 Å². The molecule has 0 aliphatic heterocycles. The maximum atomic E-state index is 13.6. The number of hydrazine groups is 1. The van der Waals surface area contributed by atoms with Gasteiger partial charge in [-0.05, 0) is 30.3 Å². The third-order valence-corrected chi connectivity index (χ3v) is 5.61. The number of aryl methyl sites for hydroxylation is 1. The van der Waals surface area contributed by atoms with Crippen LogP contribution in [0.1, 0.15) is 21.6 Å². The summed E-state index contributed by atoms with van der Waals surface area (Å²) >= 11 is 0. The number of fused-ring (bicyclic) bond motifs is 3. The van der Waals surface area contributed by atoms with Gasteiger partial charge in [0.2, 0.25) is 0 Å². The van der Waals surface area contributed by atoms with Crippen molar-refractivity contribution < 1.29 is 36.3 Å². The Hall–Kier alpha value is -4.56. The number of halogens is 5. The maximum absolute atomic E-state index is 13.6. The van der Waals surface area contributed by atoms with Crippen molar-refractivity contribution in [3.63, 3.8) is 0 Å². The molecule has 0 spiro atoms. The van der Waals surface area contributed by atoms with Crippen molar-refractivity contribution in [1.82, 2.24) is 29.8 Å². The van der Waals surface area contributed by atoms with Gasteiger partial charge in [-0.3, -0.25) is 14.5 Å². The molecule has 0 saturated heterocycles. The molecule has 10 nitrogen and oxygen atoms in total. The van der Waals surface area contributed by atoms with Crippen LogP contribution in [0.4, 0.5) is 32.6 Å². The molecule has 4 aromatic rings. The van der Waals surface area contributed by atoms with Crippen molar-refractivity contribution in [2.75, 3.05) is 19.4 Å². The van der Waals surface area contributed by atoms with E-state index < -0.39 is 43.3 Å². The van der Waals surface area contributed by atoms with Gasteiger partial charge in [-0.15, -0.1) is 0 Å². The van der Waals surface area contributed by atoms with E-state index in [4.69, 9.17) is 5.73 Å². The molecule has 0 fully saturated rings. The minimum Gasteiger partial charge on any atom is -0.442 e. The summed E-state index contributed by atoms with van der Waals surface area (Å²) in [5.74, 6) is -0.562. The summed E-state index contributed by atoms with van der Waals surface area (Å²) in [6.45, 7) is -1.69. The fourth-order valence-electron chi connectivity index (χ4n) is 3.72. The first kappa shape index (κ1) is 26.5. The number of nitrogens with zero attached hydrogens (tertiary/aromatic N) is 6. The summed E-state index contributed by atoms with van der Waals surface area (Å²) in [5, 5.41) is 6.68. The number of alkyl halides is 5. The second-order valence-electron chi connectivity index (χ2n) is 8.15. The maximum Gasteiger partial charge on any atom is 0.428 e. The van der Waals surface area contributed by atoms with E-state index >= 15 is 0 Å². The lowest BCUT2D eigenvalue weighted by Crippen LogP contribution is -2.47. The molecule has 3 heterocycles. The van der Waals surface area contributed by atoms with Crippen molar-refractivity contribution in [2.24, 2.45) is 7.05 Å². The zero-order valence-corrected chi connectivity index (χ0v) is 19.9. The van der Waals surface area contributed by atoms with E-state index in [9.17, 15) is 31.5 Å². The van der Waals surface area contributed by atoms with Gasteiger partial charge in [0.25, 0.3) is 12.3 Å². The van der Waals surface area contributed by atoms with Crippen LogP contribution in [0.15, 0.2) is 42.7 Å². The first-order valence-corrected chi connectivity index (χ1v) is 10.9. The Morgan fingerprint density at radius 3 is 2.50 bits per heavy atom. The number of rotatable bonds is 5. The van der Waals surface area contributed by atoms with Gasteiger partial charge in [-0.1, -0.05) is 0 Å². The van der Waals surface area contributed by atoms with Crippen molar-refractivity contribution in [3.05, 3.63) is 59.5 Å². The molecule has 200 valence electrons. The molecule has 3 aromatic heterocycles. The number of hydrogen-bond donors (Lipinski definition) is 1. The molecule has 2 N–H and O–H groups in total. The van der Waals surface area contributed by atoms with Crippen LogP contribution >= 0.6 is 0 Å². The number of hydrogen-bond acceptors (Lipinski definition) is 7. The number of carbonyl (C=O) groups excluding carboxylic acids is 2. The van der Waals surface area contributed by atoms with Crippen molar-refractivity contribution >= 4 is 39.6 Å². The van der Waals surface area contributed by atoms with E-state index in [1.807, 2.05) is 0 Å². The number of anilines is 1. The third-order valence-electron chi connectivity index (χ3n) is 5.61. The number of amides is 2. The summed E-state index contributed by atoms with van der Waals surface area (Å²) in [7, 11) is 2.77. The molecule has 38 heavy (non-hydrogen) atoms. The zero-order chi connectivity index (χ0) is 27.8. The Morgan fingerprint density at radius 2 is 1.87 bits per heavy atom. The predicted molar refractivity (Wildman–Crippen MR) is 125 cm³/mol. The highest BCUT2D eigenvalue weighted by atomic mass is 19.4. The van der Waals surface area contributed by atoms with E-state index in [1.54, 1.807) is 11.7 Å². The van der Waals surface area contributed by atoms with Crippen LogP contribution in [0.2, 0.25) is 0 Å². The summed E-state index contributed by atoms with van der Waals surface area (Å²) in [6.07, 6.45) is -6.76. The first-order valence-electron chi connectivity index (χ1n) is 10.9. The fourth-order valence-corrected chi connectivity index (χ4v) is 3.72. The van der Waals surface area contributed by atoms with Gasteiger partial charge in [0.1, 0.15) is 5.82 Å². The molecule has 0 atom stereocenters. The smallest absolute Gasteiger partial charge is 0.428 e. The molecule has 0 aliphatic carbocycles. The monoisotopic (exact) mass is 537 g/mol. The van der Waals surface area contributed by atoms with Crippen molar-refractivity contribution in [2.45, 2.75) is 19.1 Å². The lowest BCUT2D eigenvalue weighted by molar-refractivity contribution is -0.137. The van der Waals surface area contributed by atoms with Crippen LogP contribution in [0, 0.1) is 0 Å². The Morgan fingerprint density at radius 1 is 1.13 bits per heavy atom. The highest BCUT2D eigenvalue weighted by Crippen LogP contribution is 2.30. The highest BCUT2D eigenvalue weighted by Gasteiger charge is 2.31. The lowest BCUT2D eigenvalue weighted by Gasteiger charge is -2.31. The third kappa shape index (κ3) is 5.26. The lowest BCUT2D eigenvalue weighted by atomic mass is 10.1. The normalized spacial score (nSPS) is 11.8. The topological polar surface area (TPSA) is 119 Å². The first-order chi connectivity index (χ1) is 17.9. The summed E-state index contributed by atoms with van der Waals surface area (Å²) in [4.78, 5) is 34.0. The van der Waals surface area contributed by atoms with Gasteiger partial charge in [-0.25, -0.2) is 28.6 Å². The average molecular weight is 537 g/mol. The number of carbonyl (C=O) groups is 2. The van der Waals surface area contributed by atoms with E-state index in [-0.39, 0.29) is 17.1 Å². The molecule has 4 rings (SSSR count). The second kappa shape index (κ2) is 10.1. The number of aromatic nitrogens is 4. The van der Waals surface area contributed by atoms with Gasteiger partial charge in [0.15, 0.2) is 6.61 Å². The minimum atomic E-state index is -4.63. The predicted octanol–water partition coefficient (Wildman–Crippen LogP) is 4.01. The van der Waals surface area contributed by atoms with Gasteiger partial charge < -0.3 is 10.5 Å². The number of pyridine rings is 2. The van der Waals surface area contributed by atoms with E-state index in [1.165, 1.54) is 24.4 Å². The standard InChI is InChI=1S/C23H20F5N7O3/c1-33-19-15-7-12(3-6-17(15)32-20(29)16(19)9-31-33)21(36)35(34(2)22(37)38-11-18(24)25)10-14-5-4-13(8-30-14)23(26,27)28/h3-9,18H,10-11H2,1-2H3,(H2,29,32). The van der Waals surface area contributed by atoms with Crippen LogP contribution in [-0.4, -0.2) is 61.8 Å². The van der Waals surface area contributed by atoms with E-state index in [2.05, 4.69) is 19.8 Å². The largest absolute Gasteiger partial charge is 0.442 e. The Balaban J connectivity index is 1.73. The molecule has 0 radical (unpaired) electrons. The molecule has 15 heteroatoms. The number of nitrogens with two attached hydrogens (primary N) is 1. The van der Waals surface area contributed by atoms with Gasteiger partial charge in [0, 0.05) is 31.2 Å². The van der Waals surface area contributed by atoms with Crippen LogP contribution in [-0.2, 0) is 24.5 Å². The number of nitrogen functional groups attached to an aromatic ring is 1. The highest BCUT2D eigenvalue weighted by molar-refractivity contribution is 6.10. The molecule has 1 aromatic carbocycles. The molecule has 2 amide bonds. The molecule has 0 saturated carbocycles. The van der Waals surface area contributed by atoms with Crippen LogP contribution in [0.3, 0.4) is 0 Å². The van der Waals surface area contributed by atoms with Crippen LogP contribution < -0.4 is 5.73 Å². The van der Waals surface area contributed by atoms with E-state index in [0.717, 1.165) is 24.2 Å². The van der Waals surface area contributed by atoms with Gasteiger partial charge >= 0.3 is 12.3 Å². The zero-order valence-electron chi connectivity index (χ0n) is 19.9. The van der Waals surface area contributed by atoms with E-state index in [0.29, 0.717) is 33.0 Å². The molecular weight excluding hydrogens is 517 g/mol. The fraction of sp³-hybridized carbons (Fsp3) is 0.261. The SMILES string of the molecule is CN(C(=O)OCC(F)F)N(Cc1ccc(C(F)(F)F)cn1)C(=O)c1ccc2nc(N)c3cnn(C)c3c2c1. The number of ether oxygens (including phenoxy) is 1. The Labute approximate surface area is 211 Å². The molecule has 0 aliphatic rings. The minimum absolute atomic E-state index is 0.0101. The van der Waals surface area contributed by atoms with Crippen molar-refractivity contribution in [3.8, 4) is 0 Å². The van der Waals surface area contributed by atoms with Crippen molar-refractivity contribution in [1.29, 1.82) is 0 Å². The molecular formula is C23H20F5N7O3. The molecule has 0 bridgehead atoms. The summed E-state index contributed by atoms with van der Waals surface area (Å²) < 4.78 is 70.0. The molecule has 0 unspecified atom stereocenters. The average Bonchev–Trinajstić information content (AvgIpc) is 3.27. The van der Waals surface area contributed by atoms with Crippen LogP contribution in [0.5, 0.6) is 0 Å². The summed E-state index contributed by atoms with van der Waals surface area (Å²) in [6, 6.07) is 6.22. The quantitative estimate of drug-likeness (QED) is 0.302. The Bertz CT molecular complexity index is 1510. The second-order valence-corrected chi connectivity index (χ2v) is 8.15. The number of benzene rings is 1. The van der Waals surface area contributed by atoms with Gasteiger partial charge in [0.05, 0.1) is 40.4 Å². The Kier molecular flexibility index (Phi) is 7.02. The van der Waals surface area contributed by atoms with Crippen LogP contribution in [0.25, 0.3) is 21.8 Å².